The zero-order chi connectivity index (χ0) is 19.1. The van der Waals surface area contributed by atoms with Crippen molar-refractivity contribution in [2.75, 3.05) is 0 Å². The van der Waals surface area contributed by atoms with Crippen molar-refractivity contribution in [1.29, 1.82) is 0 Å². The first-order valence-electron chi connectivity index (χ1n) is 6.64. The van der Waals surface area contributed by atoms with Crippen LogP contribution in [0.2, 0.25) is 0 Å². The first kappa shape index (κ1) is 20.4. The van der Waals surface area contributed by atoms with Gasteiger partial charge in [-0.05, 0) is 57.0 Å². The van der Waals surface area contributed by atoms with Gasteiger partial charge in [0.2, 0.25) is 0 Å². The largest absolute Gasteiger partial charge is 0.466 e. The van der Waals surface area contributed by atoms with Crippen molar-refractivity contribution in [1.82, 2.24) is 0 Å². The van der Waals surface area contributed by atoms with E-state index >= 15 is 0 Å². The quantitative estimate of drug-likeness (QED) is 0.409. The lowest BCUT2D eigenvalue weighted by molar-refractivity contribution is -0.151. The maximum atomic E-state index is 13.3. The van der Waals surface area contributed by atoms with Crippen LogP contribution in [0, 0.1) is 0 Å². The van der Waals surface area contributed by atoms with Crippen molar-refractivity contribution >= 4 is 16.1 Å². The summed E-state index contributed by atoms with van der Waals surface area (Å²) in [4.78, 5) is 11.4. The van der Waals surface area contributed by atoms with Gasteiger partial charge in [0.05, 0.1) is 11.2 Å². The third-order valence-corrected chi connectivity index (χ3v) is 3.91. The lowest BCUT2D eigenvalue weighted by atomic mass is 9.90. The number of esters is 1. The third kappa shape index (κ3) is 4.47. The molecule has 0 aliphatic carbocycles. The Hall–Kier alpha value is -1.62. The van der Waals surface area contributed by atoms with E-state index < -0.39 is 38.3 Å². The topological polar surface area (TPSA) is 121 Å². The lowest BCUT2D eigenvalue weighted by Crippen LogP contribution is -2.40. The molecule has 136 valence electrons. The molecule has 0 unspecified atom stereocenters. The molecule has 0 aromatic heterocycles. The van der Waals surface area contributed by atoms with Gasteiger partial charge in [0, 0.05) is 0 Å². The van der Waals surface area contributed by atoms with Gasteiger partial charge in [-0.3, -0.25) is 4.55 Å². The molecule has 7 nitrogen and oxygen atoms in total. The molecule has 0 heterocycles. The first-order valence-corrected chi connectivity index (χ1v) is 8.08. The second kappa shape index (κ2) is 6.03. The van der Waals surface area contributed by atoms with Gasteiger partial charge in [-0.1, -0.05) is 0 Å². The van der Waals surface area contributed by atoms with Gasteiger partial charge >= 0.3 is 21.3 Å². The molecule has 0 amide bonds. The Morgan fingerprint density at radius 2 is 1.38 bits per heavy atom. The van der Waals surface area contributed by atoms with Crippen molar-refractivity contribution in [3.63, 3.8) is 0 Å². The summed E-state index contributed by atoms with van der Waals surface area (Å²) in [6, 6.07) is 3.44. The Kier molecular flexibility index (Phi) is 5.13. The van der Waals surface area contributed by atoms with Crippen LogP contribution in [0.4, 0.5) is 8.78 Å². The van der Waals surface area contributed by atoms with Gasteiger partial charge in [-0.15, -0.1) is 0 Å². The molecule has 0 atom stereocenters. The van der Waals surface area contributed by atoms with Crippen molar-refractivity contribution in [2.45, 2.75) is 44.2 Å². The zero-order valence-corrected chi connectivity index (χ0v) is 14.2. The van der Waals surface area contributed by atoms with E-state index in [0.29, 0.717) is 0 Å². The van der Waals surface area contributed by atoms with E-state index in [1.807, 2.05) is 0 Å². The molecular formula is C14H18F2O7S. The fourth-order valence-corrected chi connectivity index (χ4v) is 1.89. The highest BCUT2D eigenvalue weighted by Gasteiger charge is 2.54. The van der Waals surface area contributed by atoms with Crippen LogP contribution in [0.25, 0.3) is 0 Å². The highest BCUT2D eigenvalue weighted by Crippen LogP contribution is 2.32. The van der Waals surface area contributed by atoms with Crippen LogP contribution < -0.4 is 4.74 Å². The number of hydrogen-bond acceptors (Lipinski definition) is 6. The maximum Gasteiger partial charge on any atom is 0.466 e. The molecule has 0 aliphatic rings. The van der Waals surface area contributed by atoms with E-state index in [-0.39, 0.29) is 11.1 Å². The lowest BCUT2D eigenvalue weighted by Gasteiger charge is -2.24. The number of carbonyl (C=O) groups excluding carboxylic acids is 1. The van der Waals surface area contributed by atoms with E-state index in [4.69, 9.17) is 4.55 Å². The number of carbonyl (C=O) groups is 1. The highest BCUT2D eigenvalue weighted by atomic mass is 32.2. The van der Waals surface area contributed by atoms with Gasteiger partial charge in [0.15, 0.2) is 0 Å². The Labute approximate surface area is 137 Å². The molecule has 1 aromatic rings. The predicted octanol–water partition coefficient (Wildman–Crippen LogP) is 1.53. The summed E-state index contributed by atoms with van der Waals surface area (Å²) in [5.41, 5.74) is -2.68. The van der Waals surface area contributed by atoms with Crippen molar-refractivity contribution in [3.05, 3.63) is 29.3 Å². The second-order valence-electron chi connectivity index (χ2n) is 6.25. The van der Waals surface area contributed by atoms with E-state index in [0.717, 1.165) is 12.1 Å². The number of rotatable bonds is 5. The number of halogens is 2. The Morgan fingerprint density at radius 3 is 1.67 bits per heavy atom. The van der Waals surface area contributed by atoms with Crippen molar-refractivity contribution < 1.29 is 41.5 Å². The van der Waals surface area contributed by atoms with Gasteiger partial charge < -0.3 is 14.9 Å². The van der Waals surface area contributed by atoms with Crippen molar-refractivity contribution in [2.24, 2.45) is 0 Å². The normalized spacial score (nSPS) is 13.7. The summed E-state index contributed by atoms with van der Waals surface area (Å²) in [6.45, 7) is 5.48. The summed E-state index contributed by atoms with van der Waals surface area (Å²) in [6.07, 6.45) is 0. The van der Waals surface area contributed by atoms with Crippen molar-refractivity contribution in [3.8, 4) is 5.75 Å². The van der Waals surface area contributed by atoms with E-state index in [1.54, 1.807) is 0 Å². The van der Waals surface area contributed by atoms with Crippen LogP contribution >= 0.6 is 0 Å². The minimum absolute atomic E-state index is 0.125. The molecule has 0 radical (unpaired) electrons. The van der Waals surface area contributed by atoms with E-state index in [9.17, 15) is 32.2 Å². The highest BCUT2D eigenvalue weighted by molar-refractivity contribution is 7.87. The average molecular weight is 368 g/mol. The smallest absolute Gasteiger partial charge is 0.421 e. The molecule has 0 bridgehead atoms. The molecule has 10 heteroatoms. The van der Waals surface area contributed by atoms with Gasteiger partial charge in [-0.25, -0.2) is 4.79 Å². The monoisotopic (exact) mass is 368 g/mol. The molecule has 3 N–H and O–H groups in total. The molecule has 0 fully saturated rings. The summed E-state index contributed by atoms with van der Waals surface area (Å²) in [5, 5.41) is 14.9. The van der Waals surface area contributed by atoms with Crippen LogP contribution in [-0.4, -0.2) is 34.4 Å². The van der Waals surface area contributed by atoms with Gasteiger partial charge in [-0.2, -0.15) is 17.2 Å². The minimum atomic E-state index is -6.01. The summed E-state index contributed by atoms with van der Waals surface area (Å²) in [7, 11) is -6.01. The number of benzene rings is 1. The van der Waals surface area contributed by atoms with Gasteiger partial charge in [0.1, 0.15) is 5.75 Å². The molecule has 1 rings (SSSR count). The number of alkyl halides is 2. The summed E-state index contributed by atoms with van der Waals surface area (Å²) >= 11 is 0. The van der Waals surface area contributed by atoms with Gasteiger partial charge in [0.25, 0.3) is 0 Å². The Balaban J connectivity index is 3.37. The molecule has 0 saturated carbocycles. The Morgan fingerprint density at radius 1 is 1.00 bits per heavy atom. The van der Waals surface area contributed by atoms with E-state index in [2.05, 4.69) is 4.74 Å². The van der Waals surface area contributed by atoms with Crippen LogP contribution in [-0.2, 0) is 26.1 Å². The molecule has 24 heavy (non-hydrogen) atoms. The fraction of sp³-hybridized carbons (Fsp3) is 0.500. The average Bonchev–Trinajstić information content (AvgIpc) is 2.34. The minimum Gasteiger partial charge on any atom is -0.421 e. The number of ether oxygens (including phenoxy) is 1. The summed E-state index contributed by atoms with van der Waals surface area (Å²) < 4.78 is 60.4. The maximum absolute atomic E-state index is 13.3. The molecule has 1 aromatic carbocycles. The molecular weight excluding hydrogens is 350 g/mol. The number of hydrogen-bond donors (Lipinski definition) is 3. The summed E-state index contributed by atoms with van der Waals surface area (Å²) in [5.74, 6) is -3.04. The fourth-order valence-electron chi connectivity index (χ4n) is 1.64. The molecule has 0 aliphatic heterocycles. The third-order valence-electron chi connectivity index (χ3n) is 3.09. The standard InChI is InChI=1S/C14H18F2O7S/c1-12(2,18)8-5-9(13(3,4)19)7-10(6-8)23-11(17)14(15,16)24(20,21)22/h5-7,18-19H,1-4H3,(H,20,21,22). The number of aliphatic hydroxyl groups is 2. The van der Waals surface area contributed by atoms with Crippen LogP contribution in [0.5, 0.6) is 5.75 Å². The molecule has 0 spiro atoms. The van der Waals surface area contributed by atoms with Crippen LogP contribution in [0.15, 0.2) is 18.2 Å². The Bertz CT molecular complexity index is 711. The predicted molar refractivity (Wildman–Crippen MR) is 79.1 cm³/mol. The first-order chi connectivity index (χ1) is 10.5. The zero-order valence-electron chi connectivity index (χ0n) is 13.4. The van der Waals surface area contributed by atoms with E-state index in [1.165, 1.54) is 33.8 Å². The van der Waals surface area contributed by atoms with Crippen LogP contribution in [0.3, 0.4) is 0 Å². The second-order valence-corrected chi connectivity index (χ2v) is 7.71. The van der Waals surface area contributed by atoms with Crippen LogP contribution in [0.1, 0.15) is 38.8 Å². The molecule has 0 saturated heterocycles. The SMILES string of the molecule is CC(C)(O)c1cc(OC(=O)C(F)(F)S(=O)(=O)O)cc(C(C)(C)O)c1.